The highest BCUT2D eigenvalue weighted by Gasteiger charge is 2.23. The third-order valence-electron chi connectivity index (χ3n) is 3.38. The smallest absolute Gasteiger partial charge is 0.242 e. The fraction of sp³-hybridized carbons (Fsp3) is 0.176. The number of nitrogens with two attached hydrogens (primary N) is 2. The molecule has 22 heavy (non-hydrogen) atoms. The van der Waals surface area contributed by atoms with Gasteiger partial charge in [0.05, 0.1) is 0 Å². The Morgan fingerprint density at radius 2 is 1.50 bits per heavy atom. The van der Waals surface area contributed by atoms with Crippen LogP contribution in [0.2, 0.25) is 0 Å². The van der Waals surface area contributed by atoms with Gasteiger partial charge in [0, 0.05) is 6.42 Å². The Morgan fingerprint density at radius 3 is 2.05 bits per heavy atom. The molecule has 0 aromatic heterocycles. The van der Waals surface area contributed by atoms with E-state index in [0.717, 1.165) is 5.56 Å². The molecule has 114 valence electrons. The van der Waals surface area contributed by atoms with E-state index in [1.165, 1.54) is 0 Å². The average Bonchev–Trinajstić information content (AvgIpc) is 2.55. The second-order valence-electron chi connectivity index (χ2n) is 5.04. The van der Waals surface area contributed by atoms with Gasteiger partial charge in [-0.05, 0) is 11.1 Å². The van der Waals surface area contributed by atoms with Crippen LogP contribution in [-0.2, 0) is 16.0 Å². The van der Waals surface area contributed by atoms with Crippen LogP contribution in [0.25, 0.3) is 0 Å². The summed E-state index contributed by atoms with van der Waals surface area (Å²) in [6, 6.07) is 16.7. The number of rotatable bonds is 6. The van der Waals surface area contributed by atoms with Gasteiger partial charge in [0.15, 0.2) is 0 Å². The molecule has 0 aliphatic heterocycles. The lowest BCUT2D eigenvalue weighted by Crippen LogP contribution is -2.48. The Balaban J connectivity index is 2.04. The number of benzene rings is 2. The third kappa shape index (κ3) is 4.17. The summed E-state index contributed by atoms with van der Waals surface area (Å²) in [6.45, 7) is 0. The lowest BCUT2D eigenvalue weighted by molar-refractivity contribution is -0.128. The van der Waals surface area contributed by atoms with Crippen LogP contribution in [0, 0.1) is 0 Å². The summed E-state index contributed by atoms with van der Waals surface area (Å²) in [6.07, 6.45) is 0.337. The Hall–Kier alpha value is -2.66. The number of nitrogens with one attached hydrogen (secondary N) is 1. The van der Waals surface area contributed by atoms with Gasteiger partial charge in [-0.3, -0.25) is 9.59 Å². The summed E-state index contributed by atoms with van der Waals surface area (Å²) < 4.78 is 0. The number of amides is 2. The molecular weight excluding hydrogens is 278 g/mol. The highest BCUT2D eigenvalue weighted by molar-refractivity contribution is 5.89. The molecule has 2 atom stereocenters. The van der Waals surface area contributed by atoms with Crippen molar-refractivity contribution in [3.8, 4) is 0 Å². The van der Waals surface area contributed by atoms with E-state index < -0.39 is 23.9 Å². The number of hydrogen-bond donors (Lipinski definition) is 3. The van der Waals surface area contributed by atoms with Gasteiger partial charge < -0.3 is 16.8 Å². The van der Waals surface area contributed by atoms with Crippen molar-refractivity contribution in [2.75, 3.05) is 0 Å². The molecule has 0 heterocycles. The minimum Gasteiger partial charge on any atom is -0.368 e. The normalized spacial score (nSPS) is 13.1. The number of carbonyl (C=O) groups excluding carboxylic acids is 2. The zero-order valence-corrected chi connectivity index (χ0v) is 12.1. The molecule has 2 amide bonds. The summed E-state index contributed by atoms with van der Waals surface area (Å²) in [5, 5.41) is 2.62. The first-order chi connectivity index (χ1) is 10.6. The van der Waals surface area contributed by atoms with E-state index in [0.29, 0.717) is 12.0 Å². The lowest BCUT2D eigenvalue weighted by atomic mass is 10.0. The topological polar surface area (TPSA) is 98.2 Å². The largest absolute Gasteiger partial charge is 0.368 e. The molecule has 0 unspecified atom stereocenters. The van der Waals surface area contributed by atoms with Crippen molar-refractivity contribution >= 4 is 11.8 Å². The van der Waals surface area contributed by atoms with E-state index >= 15 is 0 Å². The number of carbonyl (C=O) groups is 2. The quantitative estimate of drug-likeness (QED) is 0.738. The summed E-state index contributed by atoms with van der Waals surface area (Å²) in [5.41, 5.74) is 12.9. The van der Waals surface area contributed by atoms with Gasteiger partial charge in [-0.1, -0.05) is 60.7 Å². The molecule has 5 nitrogen and oxygen atoms in total. The van der Waals surface area contributed by atoms with Crippen LogP contribution in [0.15, 0.2) is 60.7 Å². The van der Waals surface area contributed by atoms with Crippen molar-refractivity contribution in [2.24, 2.45) is 11.5 Å². The molecule has 0 saturated heterocycles. The molecule has 0 spiro atoms. The fourth-order valence-electron chi connectivity index (χ4n) is 2.15. The van der Waals surface area contributed by atoms with Crippen molar-refractivity contribution in [3.63, 3.8) is 0 Å². The second kappa shape index (κ2) is 7.38. The second-order valence-corrected chi connectivity index (χ2v) is 5.04. The summed E-state index contributed by atoms with van der Waals surface area (Å²) in [4.78, 5) is 23.8. The third-order valence-corrected chi connectivity index (χ3v) is 3.38. The van der Waals surface area contributed by atoms with Gasteiger partial charge in [-0.15, -0.1) is 0 Å². The minimum absolute atomic E-state index is 0.337. The maximum absolute atomic E-state index is 12.2. The Kier molecular flexibility index (Phi) is 5.27. The van der Waals surface area contributed by atoms with Crippen LogP contribution < -0.4 is 16.8 Å². The van der Waals surface area contributed by atoms with Gasteiger partial charge in [0.2, 0.25) is 11.8 Å². The lowest BCUT2D eigenvalue weighted by Gasteiger charge is -2.19. The summed E-state index contributed by atoms with van der Waals surface area (Å²) >= 11 is 0. The van der Waals surface area contributed by atoms with Crippen LogP contribution in [0.5, 0.6) is 0 Å². The minimum atomic E-state index is -0.834. The van der Waals surface area contributed by atoms with Crippen molar-refractivity contribution in [1.82, 2.24) is 5.32 Å². The fourth-order valence-corrected chi connectivity index (χ4v) is 2.15. The van der Waals surface area contributed by atoms with E-state index in [-0.39, 0.29) is 0 Å². The van der Waals surface area contributed by atoms with Gasteiger partial charge in [-0.2, -0.15) is 0 Å². The first-order valence-corrected chi connectivity index (χ1v) is 7.02. The maximum Gasteiger partial charge on any atom is 0.242 e. The van der Waals surface area contributed by atoms with E-state index in [1.807, 2.05) is 36.4 Å². The molecule has 0 bridgehead atoms. The molecule has 0 saturated carbocycles. The average molecular weight is 297 g/mol. The Morgan fingerprint density at radius 1 is 0.955 bits per heavy atom. The van der Waals surface area contributed by atoms with Crippen LogP contribution in [0.3, 0.4) is 0 Å². The van der Waals surface area contributed by atoms with Crippen molar-refractivity contribution in [3.05, 3.63) is 71.8 Å². The molecule has 5 N–H and O–H groups in total. The van der Waals surface area contributed by atoms with E-state index in [4.69, 9.17) is 11.5 Å². The molecule has 2 rings (SSSR count). The predicted octanol–water partition coefficient (Wildman–Crippen LogP) is 0.899. The van der Waals surface area contributed by atoms with Crippen LogP contribution in [0.4, 0.5) is 0 Å². The monoisotopic (exact) mass is 297 g/mol. The van der Waals surface area contributed by atoms with Crippen LogP contribution >= 0.6 is 0 Å². The first-order valence-electron chi connectivity index (χ1n) is 7.02. The molecule has 0 radical (unpaired) electrons. The molecule has 5 heteroatoms. The summed E-state index contributed by atoms with van der Waals surface area (Å²) in [7, 11) is 0. The SMILES string of the molecule is NC(=O)[C@H](Cc1ccccc1)NC(=O)[C@@H](N)c1ccccc1. The molecule has 0 aliphatic carbocycles. The standard InChI is InChI=1S/C17H19N3O2/c18-15(13-9-5-2-6-10-13)17(22)20-14(16(19)21)11-12-7-3-1-4-8-12/h1-10,14-15H,11,18H2,(H2,19,21)(H,20,22)/t14-,15-/m0/s1. The van der Waals surface area contributed by atoms with E-state index in [9.17, 15) is 9.59 Å². The van der Waals surface area contributed by atoms with Crippen molar-refractivity contribution in [2.45, 2.75) is 18.5 Å². The molecular formula is C17H19N3O2. The van der Waals surface area contributed by atoms with Crippen LogP contribution in [0.1, 0.15) is 17.2 Å². The maximum atomic E-state index is 12.2. The highest BCUT2D eigenvalue weighted by atomic mass is 16.2. The molecule has 2 aromatic carbocycles. The van der Waals surface area contributed by atoms with Gasteiger partial charge in [0.25, 0.3) is 0 Å². The summed E-state index contributed by atoms with van der Waals surface area (Å²) in [5.74, 6) is -1.01. The molecule has 0 fully saturated rings. The van der Waals surface area contributed by atoms with Crippen molar-refractivity contribution < 1.29 is 9.59 Å². The van der Waals surface area contributed by atoms with E-state index in [1.54, 1.807) is 24.3 Å². The van der Waals surface area contributed by atoms with Gasteiger partial charge in [-0.25, -0.2) is 0 Å². The number of primary amides is 1. The van der Waals surface area contributed by atoms with Gasteiger partial charge >= 0.3 is 0 Å². The van der Waals surface area contributed by atoms with Gasteiger partial charge in [0.1, 0.15) is 12.1 Å². The number of hydrogen-bond acceptors (Lipinski definition) is 3. The predicted molar refractivity (Wildman–Crippen MR) is 84.6 cm³/mol. The molecule has 2 aromatic rings. The highest BCUT2D eigenvalue weighted by Crippen LogP contribution is 2.10. The Bertz CT molecular complexity index is 629. The van der Waals surface area contributed by atoms with Crippen LogP contribution in [-0.4, -0.2) is 17.9 Å². The Labute approximate surface area is 129 Å². The molecule has 0 aliphatic rings. The first kappa shape index (κ1) is 15.7. The van der Waals surface area contributed by atoms with E-state index in [2.05, 4.69) is 5.32 Å². The zero-order valence-electron chi connectivity index (χ0n) is 12.1. The van der Waals surface area contributed by atoms with Crippen molar-refractivity contribution in [1.29, 1.82) is 0 Å². The zero-order chi connectivity index (χ0) is 15.9.